The number of rotatable bonds is 1. The van der Waals surface area contributed by atoms with E-state index < -0.39 is 0 Å². The molecule has 0 bridgehead atoms. The first-order valence-corrected chi connectivity index (χ1v) is 3.84. The van der Waals surface area contributed by atoms with Crippen molar-refractivity contribution in [1.82, 2.24) is 0 Å². The lowest BCUT2D eigenvalue weighted by molar-refractivity contribution is -0.497. The number of fused-ring (bicyclic) bond motifs is 1. The zero-order valence-electron chi connectivity index (χ0n) is 6.53. The molecule has 0 aliphatic heterocycles. The van der Waals surface area contributed by atoms with Crippen molar-refractivity contribution in [3.05, 3.63) is 47.7 Å². The maximum Gasteiger partial charge on any atom is 0.130 e. The topological polar surface area (TPSA) is 39.7 Å². The van der Waals surface area contributed by atoms with Gasteiger partial charge < -0.3 is 10.7 Å². The van der Waals surface area contributed by atoms with Gasteiger partial charge in [0.2, 0.25) is 0 Å². The molecule has 0 saturated carbocycles. The zero-order chi connectivity index (χ0) is 8.39. The van der Waals surface area contributed by atoms with Gasteiger partial charge in [0.25, 0.3) is 0 Å². The maximum atomic E-state index is 10.5. The van der Waals surface area contributed by atoms with Crippen LogP contribution in [0, 0.1) is 5.21 Å². The van der Waals surface area contributed by atoms with Crippen molar-refractivity contribution in [2.45, 2.75) is 0 Å². The van der Waals surface area contributed by atoms with Crippen molar-refractivity contribution in [3.8, 4) is 0 Å². The molecule has 2 nitrogen and oxygen atoms in total. The lowest BCUT2D eigenvalue weighted by Crippen LogP contribution is -2.70. The summed E-state index contributed by atoms with van der Waals surface area (Å²) in [7, 11) is 0. The van der Waals surface area contributed by atoms with Crippen molar-refractivity contribution >= 4 is 16.5 Å². The van der Waals surface area contributed by atoms with Crippen LogP contribution in [-0.4, -0.2) is 0 Å². The van der Waals surface area contributed by atoms with Gasteiger partial charge in [-0.2, -0.15) is 0 Å². The summed E-state index contributed by atoms with van der Waals surface area (Å²) in [6, 6.07) is 13.7. The van der Waals surface area contributed by atoms with E-state index in [-0.39, 0.29) is 0 Å². The Morgan fingerprint density at radius 1 is 0.917 bits per heavy atom. The highest BCUT2D eigenvalue weighted by molar-refractivity contribution is 5.84. The number of hydrogen-bond donors (Lipinski definition) is 1. The molecule has 2 aromatic carbocycles. The molecule has 0 amide bonds. The molecule has 2 heteroatoms. The Kier molecular flexibility index (Phi) is 1.78. The first-order chi connectivity index (χ1) is 5.90. The molecule has 2 rings (SSSR count). The summed E-state index contributed by atoms with van der Waals surface area (Å²) < 4.78 is 0. The molecule has 2 N–H and O–H groups in total. The van der Waals surface area contributed by atoms with Crippen LogP contribution < -0.4 is 5.48 Å². The van der Waals surface area contributed by atoms with Crippen molar-refractivity contribution in [2.75, 3.05) is 0 Å². The molecule has 0 saturated heterocycles. The normalized spacial score (nSPS) is 10.4. The molecule has 0 aromatic heterocycles. The molecule has 60 valence electrons. The van der Waals surface area contributed by atoms with E-state index in [1.165, 1.54) is 5.39 Å². The van der Waals surface area contributed by atoms with E-state index >= 15 is 0 Å². The Bertz CT molecular complexity index is 398. The van der Waals surface area contributed by atoms with Gasteiger partial charge in [0.15, 0.2) is 0 Å². The minimum Gasteiger partial charge on any atom is -0.630 e. The van der Waals surface area contributed by atoms with Crippen LogP contribution in [-0.2, 0) is 0 Å². The molecule has 2 aromatic rings. The summed E-state index contributed by atoms with van der Waals surface area (Å²) in [4.78, 5) is 0. The second-order valence-corrected chi connectivity index (χ2v) is 2.72. The van der Waals surface area contributed by atoms with Gasteiger partial charge in [-0.15, -0.1) is 0 Å². The van der Waals surface area contributed by atoms with Crippen molar-refractivity contribution in [3.63, 3.8) is 0 Å². The summed E-state index contributed by atoms with van der Waals surface area (Å²) in [6.07, 6.45) is 0. The van der Waals surface area contributed by atoms with Crippen LogP contribution in [0.15, 0.2) is 42.5 Å². The minimum absolute atomic E-state index is 0.730. The molecular weight excluding hydrogens is 150 g/mol. The van der Waals surface area contributed by atoms with E-state index in [1.54, 1.807) is 0 Å². The molecule has 0 aliphatic carbocycles. The third-order valence-electron chi connectivity index (χ3n) is 1.91. The van der Waals surface area contributed by atoms with Crippen LogP contribution in [0.1, 0.15) is 0 Å². The predicted molar refractivity (Wildman–Crippen MR) is 48.9 cm³/mol. The molecular formula is C10H9NO. The Morgan fingerprint density at radius 3 is 2.42 bits per heavy atom. The van der Waals surface area contributed by atoms with Gasteiger partial charge in [-0.05, 0) is 22.9 Å². The summed E-state index contributed by atoms with van der Waals surface area (Å²) in [5.74, 6) is 0. The fourth-order valence-corrected chi connectivity index (χ4v) is 1.28. The van der Waals surface area contributed by atoms with Gasteiger partial charge in [-0.3, -0.25) is 0 Å². The molecule has 0 atom stereocenters. The van der Waals surface area contributed by atoms with E-state index in [2.05, 4.69) is 0 Å². The van der Waals surface area contributed by atoms with Crippen LogP contribution in [0.4, 0.5) is 5.69 Å². The average molecular weight is 159 g/mol. The number of benzene rings is 2. The molecule has 0 radical (unpaired) electrons. The smallest absolute Gasteiger partial charge is 0.130 e. The highest BCUT2D eigenvalue weighted by Crippen LogP contribution is 2.15. The van der Waals surface area contributed by atoms with Crippen molar-refractivity contribution < 1.29 is 5.48 Å². The standard InChI is InChI=1S/C10H9NO/c12-11-10-6-5-8-3-1-2-4-9(8)7-10/h1-7H,11H2. The monoisotopic (exact) mass is 159 g/mol. The molecule has 0 aliphatic rings. The van der Waals surface area contributed by atoms with Crippen molar-refractivity contribution in [1.29, 1.82) is 0 Å². The summed E-state index contributed by atoms with van der Waals surface area (Å²) >= 11 is 0. The summed E-state index contributed by atoms with van der Waals surface area (Å²) in [5, 5.41) is 12.7. The number of hydrogen-bond acceptors (Lipinski definition) is 1. The van der Waals surface area contributed by atoms with Gasteiger partial charge in [0, 0.05) is 6.07 Å². The van der Waals surface area contributed by atoms with E-state index in [4.69, 9.17) is 0 Å². The Morgan fingerprint density at radius 2 is 1.67 bits per heavy atom. The van der Waals surface area contributed by atoms with Crippen LogP contribution in [0.5, 0.6) is 0 Å². The lowest BCUT2D eigenvalue weighted by atomic mass is 10.1. The predicted octanol–water partition coefficient (Wildman–Crippen LogP) is 1.53. The van der Waals surface area contributed by atoms with Gasteiger partial charge in [0.1, 0.15) is 5.69 Å². The second kappa shape index (κ2) is 2.93. The lowest BCUT2D eigenvalue weighted by Gasteiger charge is -2.02. The fourth-order valence-electron chi connectivity index (χ4n) is 1.28. The zero-order valence-corrected chi connectivity index (χ0v) is 6.53. The van der Waals surface area contributed by atoms with Crippen LogP contribution in [0.25, 0.3) is 10.8 Å². The van der Waals surface area contributed by atoms with E-state index in [1.807, 2.05) is 42.5 Å². The Balaban J connectivity index is 2.67. The Labute approximate surface area is 70.4 Å². The molecule has 0 spiro atoms. The molecule has 0 heterocycles. The third kappa shape index (κ3) is 1.18. The third-order valence-corrected chi connectivity index (χ3v) is 1.91. The average Bonchev–Trinajstić information content (AvgIpc) is 2.17. The maximum absolute atomic E-state index is 10.5. The number of quaternary nitrogens is 1. The first-order valence-electron chi connectivity index (χ1n) is 3.84. The van der Waals surface area contributed by atoms with Gasteiger partial charge in [-0.25, -0.2) is 0 Å². The second-order valence-electron chi connectivity index (χ2n) is 2.72. The highest BCUT2D eigenvalue weighted by atomic mass is 16.5. The SMILES string of the molecule is [O-][NH2+]c1ccc2ccccc2c1. The van der Waals surface area contributed by atoms with Crippen LogP contribution in [0.3, 0.4) is 0 Å². The van der Waals surface area contributed by atoms with Gasteiger partial charge in [0.05, 0.1) is 0 Å². The Hall–Kier alpha value is -1.38. The largest absolute Gasteiger partial charge is 0.630 e. The molecule has 0 fully saturated rings. The van der Waals surface area contributed by atoms with E-state index in [0.717, 1.165) is 16.6 Å². The van der Waals surface area contributed by atoms with Crippen LogP contribution in [0.2, 0.25) is 0 Å². The van der Waals surface area contributed by atoms with Gasteiger partial charge >= 0.3 is 0 Å². The van der Waals surface area contributed by atoms with Crippen LogP contribution >= 0.6 is 0 Å². The fraction of sp³-hybridized carbons (Fsp3) is 0. The summed E-state index contributed by atoms with van der Waals surface area (Å²) in [6.45, 7) is 0. The quantitative estimate of drug-likeness (QED) is 0.497. The first kappa shape index (κ1) is 7.28. The van der Waals surface area contributed by atoms with E-state index in [9.17, 15) is 5.21 Å². The minimum atomic E-state index is 0.730. The summed E-state index contributed by atoms with van der Waals surface area (Å²) in [5.41, 5.74) is 1.60. The van der Waals surface area contributed by atoms with Crippen molar-refractivity contribution in [2.24, 2.45) is 0 Å². The molecule has 0 unspecified atom stereocenters. The number of nitrogens with two attached hydrogens (primary N) is 1. The highest BCUT2D eigenvalue weighted by Gasteiger charge is 1.93. The van der Waals surface area contributed by atoms with E-state index in [0.29, 0.717) is 0 Å². The molecule has 12 heavy (non-hydrogen) atoms. The van der Waals surface area contributed by atoms with Gasteiger partial charge in [-0.1, -0.05) is 24.3 Å².